The van der Waals surface area contributed by atoms with Crippen molar-refractivity contribution >= 4 is 47.1 Å². The molecule has 1 aromatic carbocycles. The van der Waals surface area contributed by atoms with Crippen LogP contribution in [-0.2, 0) is 62.2 Å². The first-order chi connectivity index (χ1) is 61.4. The van der Waals surface area contributed by atoms with Crippen LogP contribution in [0.1, 0.15) is 98.5 Å². The standard InChI is InChI=1S/C22H20F2N4O3.C19H23N5O2.2C16H18F2N4O3.C14H16N4O2S/c23-21(24)31-19-9-7-15(13-25-19)17-8-10-20(30)28(27-17)14-18(29)26-22(11-4-12-22)16-5-2-1-3-6-16;1-3-20-17(25)12-24-18(26)7-5-15(22-24)14-4-6-16(21-11-14)23(2)19-8-13(9-19)10-19;2*1-3-10(2)20-13(23)9-22-15(24)7-5-12(21-22)11-4-6-14(19-8-11)25-16(17)18;1-3-15-12(19)9-18-14(20)7-5-11(17-18)10-4-6-13(21-2)16-8-10/h1-3,5-10,13,21H,4,11-12,14H2,(H,26,29);4-7,11,13H,3,8-10,12H2,1-2H3,(H,20,25);2*4-8,10,16H,3,9H2,1-2H3,(H,20,23);4-8H,3,9H2,1-2H3,(H,15,19)/t;;2*10-;/m..10./s1. The third kappa shape index (κ3) is 27.2. The van der Waals surface area contributed by atoms with E-state index in [2.05, 4.69) is 103 Å². The number of ether oxygens (including phenoxy) is 3. The highest BCUT2D eigenvalue weighted by molar-refractivity contribution is 7.98. The molecule has 4 aliphatic rings. The number of amides is 5. The summed E-state index contributed by atoms with van der Waals surface area (Å²) in [6.45, 7) is 2.58. The third-order valence-electron chi connectivity index (χ3n) is 20.6. The largest absolute Gasteiger partial charge is 0.417 e. The average molecular weight is 1790 g/mol. The zero-order valence-corrected chi connectivity index (χ0v) is 71.8. The minimum Gasteiger partial charge on any atom is -0.417 e. The molecule has 0 aliphatic heterocycles. The lowest BCUT2D eigenvalue weighted by atomic mass is 9.49. The number of nitrogens with one attached hydrogen (secondary N) is 5. The molecule has 674 valence electrons. The predicted molar refractivity (Wildman–Crippen MR) is 462 cm³/mol. The van der Waals surface area contributed by atoms with Crippen molar-refractivity contribution in [2.45, 2.75) is 174 Å². The predicted octanol–water partition coefficient (Wildman–Crippen LogP) is 9.34. The lowest BCUT2D eigenvalue weighted by Crippen LogP contribution is -2.67. The molecule has 10 aromatic heterocycles. The van der Waals surface area contributed by atoms with Gasteiger partial charge in [-0.05, 0) is 170 Å². The van der Waals surface area contributed by atoms with Crippen molar-refractivity contribution in [3.63, 3.8) is 0 Å². The Labute approximate surface area is 733 Å². The van der Waals surface area contributed by atoms with E-state index in [-0.39, 0.29) is 103 Å². The summed E-state index contributed by atoms with van der Waals surface area (Å²) in [6, 6.07) is 40.2. The zero-order chi connectivity index (χ0) is 92.2. The Morgan fingerprint density at radius 2 is 0.758 bits per heavy atom. The van der Waals surface area contributed by atoms with Crippen LogP contribution in [0, 0.1) is 5.92 Å². The number of pyridine rings is 5. The highest BCUT2D eigenvalue weighted by atomic mass is 32.2. The fraction of sp³-hybridized carbons (Fsp3) is 0.356. The molecule has 4 saturated carbocycles. The molecule has 15 rings (SSSR count). The van der Waals surface area contributed by atoms with Gasteiger partial charge in [-0.1, -0.05) is 44.2 Å². The van der Waals surface area contributed by atoms with Crippen molar-refractivity contribution in [1.82, 2.24) is 100 Å². The zero-order valence-electron chi connectivity index (χ0n) is 71.0. The van der Waals surface area contributed by atoms with Gasteiger partial charge in [0.05, 0.1) is 39.0 Å². The van der Waals surface area contributed by atoms with Crippen LogP contribution in [0.15, 0.2) is 212 Å². The molecule has 41 heteroatoms. The number of carbonyl (C=O) groups is 5. The van der Waals surface area contributed by atoms with E-state index in [4.69, 9.17) is 0 Å². The van der Waals surface area contributed by atoms with Crippen molar-refractivity contribution in [2.75, 3.05) is 31.3 Å². The fourth-order valence-corrected chi connectivity index (χ4v) is 13.6. The Morgan fingerprint density at radius 3 is 1.02 bits per heavy atom. The number of benzene rings is 1. The molecule has 0 radical (unpaired) electrons. The maximum atomic E-state index is 12.7. The third-order valence-corrected chi connectivity index (χ3v) is 21.2. The Balaban J connectivity index is 0.000000168. The summed E-state index contributed by atoms with van der Waals surface area (Å²) in [6.07, 6.45) is 17.4. The molecule has 10 heterocycles. The van der Waals surface area contributed by atoms with Crippen LogP contribution in [0.4, 0.5) is 32.2 Å². The Bertz CT molecular complexity index is 5750. The first-order valence-electron chi connectivity index (χ1n) is 40.7. The van der Waals surface area contributed by atoms with Gasteiger partial charge in [0.25, 0.3) is 27.8 Å². The minimum atomic E-state index is -2.97. The molecule has 2 atom stereocenters. The number of rotatable bonds is 32. The van der Waals surface area contributed by atoms with Crippen LogP contribution in [0.2, 0.25) is 0 Å². The van der Waals surface area contributed by atoms with Gasteiger partial charge in [-0.3, -0.25) is 47.9 Å². The summed E-state index contributed by atoms with van der Waals surface area (Å²) in [5.41, 5.74) is 4.58. The molecule has 5 N–H and O–H groups in total. The first-order valence-corrected chi connectivity index (χ1v) is 41.9. The van der Waals surface area contributed by atoms with E-state index in [0.717, 1.165) is 84.3 Å². The highest BCUT2D eigenvalue weighted by Gasteiger charge is 2.59. The average Bonchev–Trinajstić information content (AvgIpc) is 0.706. The van der Waals surface area contributed by atoms with Crippen molar-refractivity contribution in [1.29, 1.82) is 0 Å². The number of nitrogens with zero attached hydrogens (tertiary/aromatic N) is 16. The lowest BCUT2D eigenvalue weighted by molar-refractivity contribution is -0.125. The molecule has 0 spiro atoms. The highest BCUT2D eigenvalue weighted by Crippen LogP contribution is 2.60. The van der Waals surface area contributed by atoms with Gasteiger partial charge in [-0.2, -0.15) is 51.8 Å². The maximum Gasteiger partial charge on any atom is 0.388 e. The minimum absolute atomic E-state index is 0.00189. The van der Waals surface area contributed by atoms with Gasteiger partial charge in [0.1, 0.15) is 38.5 Å². The molecule has 4 aliphatic carbocycles. The van der Waals surface area contributed by atoms with Gasteiger partial charge in [-0.15, -0.1) is 11.8 Å². The van der Waals surface area contributed by atoms with E-state index >= 15 is 0 Å². The van der Waals surface area contributed by atoms with Crippen LogP contribution in [0.3, 0.4) is 0 Å². The van der Waals surface area contributed by atoms with Crippen molar-refractivity contribution in [3.05, 3.63) is 240 Å². The molecule has 2 bridgehead atoms. The second-order valence-electron chi connectivity index (χ2n) is 29.6. The second-order valence-corrected chi connectivity index (χ2v) is 30.5. The molecule has 0 unspecified atom stereocenters. The topological polar surface area (TPSA) is 415 Å². The van der Waals surface area contributed by atoms with E-state index < -0.39 is 42.1 Å². The quantitative estimate of drug-likeness (QED) is 0.0193. The molecule has 128 heavy (non-hydrogen) atoms. The van der Waals surface area contributed by atoms with E-state index in [9.17, 15) is 74.3 Å². The Kier molecular flexibility index (Phi) is 34.3. The number of likely N-dealkylation sites (N-methyl/N-ethyl adjacent to an activating group) is 2. The van der Waals surface area contributed by atoms with Crippen LogP contribution in [0.25, 0.3) is 56.3 Å². The Morgan fingerprint density at radius 1 is 0.430 bits per heavy atom. The van der Waals surface area contributed by atoms with E-state index in [1.807, 2.05) is 102 Å². The number of hydrogen-bond acceptors (Lipinski definition) is 25. The SMILES string of the molecule is CCNC(=O)Cn1nc(-c2ccc(N(C)C34CC(C3)C4)nc2)ccc1=O.CCNC(=O)Cn1nc(-c2ccc(SC)nc2)ccc1=O.CC[C@@H](C)NC(=O)Cn1nc(-c2ccc(OC(F)F)nc2)ccc1=O.CC[C@H](C)NC(=O)Cn1nc(-c2ccc(OC(F)F)nc2)ccc1=O.O=C(Cn1nc(-c2ccc(OC(F)F)nc2)ccc1=O)NC1(c2ccccc2)CCC1. The van der Waals surface area contributed by atoms with Crippen molar-refractivity contribution in [3.8, 4) is 73.9 Å². The van der Waals surface area contributed by atoms with Crippen LogP contribution < -0.4 is 73.5 Å². The first kappa shape index (κ1) is 96.1. The number of aromatic nitrogens is 15. The summed E-state index contributed by atoms with van der Waals surface area (Å²) < 4.78 is 91.1. The maximum absolute atomic E-state index is 12.7. The van der Waals surface area contributed by atoms with Crippen LogP contribution in [0.5, 0.6) is 17.6 Å². The van der Waals surface area contributed by atoms with E-state index in [1.54, 1.807) is 36.3 Å². The lowest BCUT2D eigenvalue weighted by Gasteiger charge is -2.66. The van der Waals surface area contributed by atoms with Gasteiger partial charge in [-0.25, -0.2) is 48.3 Å². The number of hydrogen-bond donors (Lipinski definition) is 5. The summed E-state index contributed by atoms with van der Waals surface area (Å²) >= 11 is 1.55. The molecule has 0 saturated heterocycles. The van der Waals surface area contributed by atoms with Crippen molar-refractivity contribution < 1.29 is 64.5 Å². The van der Waals surface area contributed by atoms with Gasteiger partial charge in [0.15, 0.2) is 0 Å². The van der Waals surface area contributed by atoms with E-state index in [0.29, 0.717) is 63.8 Å². The molecule has 11 aromatic rings. The van der Waals surface area contributed by atoms with Crippen LogP contribution in [-0.4, -0.2) is 167 Å². The van der Waals surface area contributed by atoms with E-state index in [1.165, 1.54) is 127 Å². The van der Waals surface area contributed by atoms with Crippen molar-refractivity contribution in [2.24, 2.45) is 5.92 Å². The molecular formula is C87H95F6N21O13S. The summed E-state index contributed by atoms with van der Waals surface area (Å²) in [5.74, 6) is -0.200. The van der Waals surface area contributed by atoms with Crippen LogP contribution >= 0.6 is 11.8 Å². The molecular weight excluding hydrogens is 1690 g/mol. The number of thioether (sulfide) groups is 1. The monoisotopic (exact) mass is 1790 g/mol. The van der Waals surface area contributed by atoms with Gasteiger partial charge in [0.2, 0.25) is 47.2 Å². The smallest absolute Gasteiger partial charge is 0.388 e. The molecule has 4 fully saturated rings. The van der Waals surface area contributed by atoms with Gasteiger partial charge >= 0.3 is 19.8 Å². The fourth-order valence-electron chi connectivity index (χ4n) is 13.2. The summed E-state index contributed by atoms with van der Waals surface area (Å²) in [7, 11) is 2.11. The number of halogens is 6. The molecule has 5 amide bonds. The normalized spacial score (nSPS) is 14.6. The van der Waals surface area contributed by atoms with Gasteiger partial charge in [0, 0.05) is 145 Å². The Hall–Kier alpha value is -14.2. The number of anilines is 1. The molecule has 34 nitrogen and oxygen atoms in total. The van der Waals surface area contributed by atoms with Gasteiger partial charge < -0.3 is 45.7 Å². The summed E-state index contributed by atoms with van der Waals surface area (Å²) in [4.78, 5) is 142. The second kappa shape index (κ2) is 45.7. The number of carbonyl (C=O) groups excluding carboxylic acids is 5. The summed E-state index contributed by atoms with van der Waals surface area (Å²) in [5, 5.41) is 35.8. The number of alkyl halides is 6.